The zero-order valence-electron chi connectivity index (χ0n) is 9.31. The molecule has 0 aromatic heterocycles. The van der Waals surface area contributed by atoms with Crippen molar-refractivity contribution < 1.29 is 13.9 Å². The van der Waals surface area contributed by atoms with Gasteiger partial charge in [0.1, 0.15) is 5.83 Å². The topological polar surface area (TPSA) is 20.2 Å². The van der Waals surface area contributed by atoms with Gasteiger partial charge in [-0.1, -0.05) is 25.3 Å². The van der Waals surface area contributed by atoms with Crippen molar-refractivity contribution in [3.05, 3.63) is 23.8 Å². The maximum absolute atomic E-state index is 13.0. The Balaban J connectivity index is 3.54. The Morgan fingerprint density at radius 1 is 1.07 bits per heavy atom. The SMILES string of the molecule is CC=CC(F)=C(F)CCCCCCCO. The average molecular weight is 218 g/mol. The number of aliphatic hydroxyl groups is 1. The first-order chi connectivity index (χ1) is 7.22. The monoisotopic (exact) mass is 218 g/mol. The van der Waals surface area contributed by atoms with Crippen molar-refractivity contribution in [2.24, 2.45) is 0 Å². The normalized spacial score (nSPS) is 13.3. The lowest BCUT2D eigenvalue weighted by atomic mass is 10.1. The minimum Gasteiger partial charge on any atom is -0.396 e. The Morgan fingerprint density at radius 3 is 2.27 bits per heavy atom. The van der Waals surface area contributed by atoms with Gasteiger partial charge in [0.2, 0.25) is 0 Å². The van der Waals surface area contributed by atoms with Crippen LogP contribution in [0.3, 0.4) is 0 Å². The van der Waals surface area contributed by atoms with Gasteiger partial charge in [0.05, 0.1) is 0 Å². The van der Waals surface area contributed by atoms with Crippen LogP contribution in [0.5, 0.6) is 0 Å². The molecule has 0 spiro atoms. The molecule has 0 rings (SSSR count). The number of hydrogen-bond donors (Lipinski definition) is 1. The van der Waals surface area contributed by atoms with Gasteiger partial charge in [0.25, 0.3) is 0 Å². The first-order valence-corrected chi connectivity index (χ1v) is 5.50. The van der Waals surface area contributed by atoms with Crippen LogP contribution in [0, 0.1) is 0 Å². The van der Waals surface area contributed by atoms with Crippen LogP contribution in [-0.4, -0.2) is 11.7 Å². The zero-order chi connectivity index (χ0) is 11.5. The molecule has 3 heteroatoms. The fraction of sp³-hybridized carbons (Fsp3) is 0.667. The van der Waals surface area contributed by atoms with Crippen molar-refractivity contribution in [1.82, 2.24) is 0 Å². The molecule has 0 saturated carbocycles. The van der Waals surface area contributed by atoms with Crippen molar-refractivity contribution in [3.63, 3.8) is 0 Å². The van der Waals surface area contributed by atoms with Crippen LogP contribution in [0.4, 0.5) is 8.78 Å². The Bertz CT molecular complexity index is 210. The van der Waals surface area contributed by atoms with Crippen molar-refractivity contribution in [2.45, 2.75) is 45.4 Å². The van der Waals surface area contributed by atoms with Crippen LogP contribution in [0.25, 0.3) is 0 Å². The highest BCUT2D eigenvalue weighted by Crippen LogP contribution is 2.17. The van der Waals surface area contributed by atoms with Crippen LogP contribution < -0.4 is 0 Å². The number of rotatable bonds is 8. The molecule has 0 aromatic carbocycles. The maximum atomic E-state index is 13.0. The summed E-state index contributed by atoms with van der Waals surface area (Å²) < 4.78 is 25.8. The minimum absolute atomic E-state index is 0.176. The molecule has 1 nitrogen and oxygen atoms in total. The van der Waals surface area contributed by atoms with Crippen molar-refractivity contribution >= 4 is 0 Å². The second kappa shape index (κ2) is 9.84. The third-order valence-corrected chi connectivity index (χ3v) is 2.13. The predicted octanol–water partition coefficient (Wildman–Crippen LogP) is 4.05. The first kappa shape index (κ1) is 14.3. The molecule has 0 bridgehead atoms. The lowest BCUT2D eigenvalue weighted by Gasteiger charge is -1.99. The molecular weight excluding hydrogens is 198 g/mol. The van der Waals surface area contributed by atoms with Crippen LogP contribution in [0.15, 0.2) is 23.8 Å². The van der Waals surface area contributed by atoms with Gasteiger partial charge in [-0.05, 0) is 25.8 Å². The molecule has 0 amide bonds. The summed E-state index contributed by atoms with van der Waals surface area (Å²) in [4.78, 5) is 0. The van der Waals surface area contributed by atoms with Crippen LogP contribution in [0.2, 0.25) is 0 Å². The van der Waals surface area contributed by atoms with E-state index in [9.17, 15) is 8.78 Å². The van der Waals surface area contributed by atoms with Gasteiger partial charge in [0, 0.05) is 13.0 Å². The van der Waals surface area contributed by atoms with Crippen LogP contribution in [-0.2, 0) is 0 Å². The van der Waals surface area contributed by atoms with E-state index >= 15 is 0 Å². The molecule has 0 fully saturated rings. The van der Waals surface area contributed by atoms with E-state index in [4.69, 9.17) is 5.11 Å². The molecule has 15 heavy (non-hydrogen) atoms. The first-order valence-electron chi connectivity index (χ1n) is 5.50. The van der Waals surface area contributed by atoms with E-state index in [2.05, 4.69) is 0 Å². The summed E-state index contributed by atoms with van der Waals surface area (Å²) in [7, 11) is 0. The second-order valence-electron chi connectivity index (χ2n) is 3.49. The third-order valence-electron chi connectivity index (χ3n) is 2.13. The lowest BCUT2D eigenvalue weighted by molar-refractivity contribution is 0.282. The molecule has 0 atom stereocenters. The van der Waals surface area contributed by atoms with Crippen molar-refractivity contribution in [1.29, 1.82) is 0 Å². The molecule has 0 radical (unpaired) electrons. The van der Waals surface area contributed by atoms with E-state index in [1.165, 1.54) is 6.08 Å². The molecule has 0 saturated heterocycles. The summed E-state index contributed by atoms with van der Waals surface area (Å²) in [5.74, 6) is -1.41. The maximum Gasteiger partial charge on any atom is 0.154 e. The Hall–Kier alpha value is -0.700. The van der Waals surface area contributed by atoms with Gasteiger partial charge >= 0.3 is 0 Å². The minimum atomic E-state index is -0.757. The van der Waals surface area contributed by atoms with Crippen molar-refractivity contribution in [2.75, 3.05) is 6.61 Å². The summed E-state index contributed by atoms with van der Waals surface area (Å²) in [6.07, 6.45) is 7.08. The molecule has 0 aliphatic carbocycles. The van der Waals surface area contributed by atoms with E-state index in [-0.39, 0.29) is 13.0 Å². The van der Waals surface area contributed by atoms with Gasteiger partial charge < -0.3 is 5.11 Å². The van der Waals surface area contributed by atoms with E-state index in [0.717, 1.165) is 31.8 Å². The quantitative estimate of drug-likeness (QED) is 0.481. The molecule has 88 valence electrons. The van der Waals surface area contributed by atoms with Crippen LogP contribution in [0.1, 0.15) is 45.4 Å². The average Bonchev–Trinajstić information content (AvgIpc) is 2.23. The fourth-order valence-corrected chi connectivity index (χ4v) is 1.28. The summed E-state index contributed by atoms with van der Waals surface area (Å²) in [5, 5.41) is 8.52. The fourth-order valence-electron chi connectivity index (χ4n) is 1.28. The Labute approximate surface area is 90.5 Å². The van der Waals surface area contributed by atoms with Gasteiger partial charge in [-0.2, -0.15) is 0 Å². The van der Waals surface area contributed by atoms with E-state index in [1.807, 2.05) is 0 Å². The standard InChI is InChI=1S/C12H20F2O/c1-2-8-11(13)12(14)9-6-4-3-5-7-10-15/h2,8,15H,3-7,9-10H2,1H3. The molecule has 0 aliphatic rings. The molecule has 0 aliphatic heterocycles. The highest BCUT2D eigenvalue weighted by Gasteiger charge is 2.02. The number of unbranched alkanes of at least 4 members (excludes halogenated alkanes) is 4. The summed E-state index contributed by atoms with van der Waals surface area (Å²) in [6.45, 7) is 1.87. The third kappa shape index (κ3) is 8.30. The Kier molecular flexibility index (Phi) is 9.38. The summed E-state index contributed by atoms with van der Waals surface area (Å²) in [5.41, 5.74) is 0. The highest BCUT2D eigenvalue weighted by molar-refractivity contribution is 5.14. The number of allylic oxidation sites excluding steroid dienone is 4. The molecule has 1 N–H and O–H groups in total. The van der Waals surface area contributed by atoms with Gasteiger partial charge in [-0.25, -0.2) is 8.78 Å². The predicted molar refractivity (Wildman–Crippen MR) is 58.8 cm³/mol. The number of halogens is 2. The largest absolute Gasteiger partial charge is 0.396 e. The van der Waals surface area contributed by atoms with Gasteiger partial charge in [-0.3, -0.25) is 0 Å². The van der Waals surface area contributed by atoms with Crippen molar-refractivity contribution in [3.8, 4) is 0 Å². The van der Waals surface area contributed by atoms with Gasteiger partial charge in [-0.15, -0.1) is 0 Å². The molecular formula is C12H20F2O. The summed E-state index contributed by atoms with van der Waals surface area (Å²) in [6, 6.07) is 0. The molecule has 0 heterocycles. The van der Waals surface area contributed by atoms with E-state index < -0.39 is 11.7 Å². The van der Waals surface area contributed by atoms with Gasteiger partial charge in [0.15, 0.2) is 5.83 Å². The van der Waals surface area contributed by atoms with Crippen LogP contribution >= 0.6 is 0 Å². The molecule has 0 aromatic rings. The van der Waals surface area contributed by atoms with E-state index in [0.29, 0.717) is 6.42 Å². The zero-order valence-corrected chi connectivity index (χ0v) is 9.31. The Morgan fingerprint density at radius 2 is 1.67 bits per heavy atom. The summed E-state index contributed by atoms with van der Waals surface area (Å²) >= 11 is 0. The highest BCUT2D eigenvalue weighted by atomic mass is 19.2. The second-order valence-corrected chi connectivity index (χ2v) is 3.49. The van der Waals surface area contributed by atoms with E-state index in [1.54, 1.807) is 6.92 Å². The molecule has 0 unspecified atom stereocenters. The smallest absolute Gasteiger partial charge is 0.154 e. The number of aliphatic hydroxyl groups excluding tert-OH is 1. The lowest BCUT2D eigenvalue weighted by Crippen LogP contribution is -1.85. The number of hydrogen-bond acceptors (Lipinski definition) is 1.